The number of carbonyl (C=O) groups is 2. The highest BCUT2D eigenvalue weighted by Gasteiger charge is 2.27. The second-order valence-corrected chi connectivity index (χ2v) is 25.7. The lowest BCUT2D eigenvalue weighted by molar-refractivity contribution is -0.870. The van der Waals surface area contributed by atoms with Crippen molar-refractivity contribution in [1.82, 2.24) is 0 Å². The minimum absolute atomic E-state index is 0.0316. The van der Waals surface area contributed by atoms with Crippen LogP contribution in [0.1, 0.15) is 328 Å². The zero-order chi connectivity index (χ0) is 57.7. The number of nitrogens with zero attached hydrogens (tertiary/aromatic N) is 1. The van der Waals surface area contributed by atoms with Crippen LogP contribution in [0.15, 0.2) is 48.6 Å². The van der Waals surface area contributed by atoms with Gasteiger partial charge in [0.1, 0.15) is 19.8 Å². The topological polar surface area (TPSA) is 108 Å². The maximum absolute atomic E-state index is 12.9. The highest BCUT2D eigenvalue weighted by atomic mass is 31.2. The van der Waals surface area contributed by atoms with E-state index in [1.807, 2.05) is 21.1 Å². The van der Waals surface area contributed by atoms with Gasteiger partial charge in [0.25, 0.3) is 0 Å². The van der Waals surface area contributed by atoms with E-state index in [1.165, 1.54) is 238 Å². The molecule has 9 nitrogen and oxygen atoms in total. The van der Waals surface area contributed by atoms with Gasteiger partial charge in [0.05, 0.1) is 27.7 Å². The van der Waals surface area contributed by atoms with Crippen molar-refractivity contribution >= 4 is 19.8 Å². The highest BCUT2D eigenvalue weighted by Crippen LogP contribution is 2.43. The molecule has 0 aliphatic heterocycles. The van der Waals surface area contributed by atoms with Crippen molar-refractivity contribution in [2.45, 2.75) is 335 Å². The van der Waals surface area contributed by atoms with Gasteiger partial charge >= 0.3 is 19.8 Å². The van der Waals surface area contributed by atoms with E-state index in [0.29, 0.717) is 17.4 Å². The van der Waals surface area contributed by atoms with Crippen molar-refractivity contribution in [3.05, 3.63) is 48.6 Å². The number of carbonyl (C=O) groups excluding carboxylic acids is 2. The largest absolute Gasteiger partial charge is 0.472 e. The van der Waals surface area contributed by atoms with Crippen LogP contribution in [0.2, 0.25) is 0 Å². The number of hydrogen-bond acceptors (Lipinski definition) is 7. The van der Waals surface area contributed by atoms with E-state index in [2.05, 4.69) is 62.5 Å². The average molecular weight is 1130 g/mol. The summed E-state index contributed by atoms with van der Waals surface area (Å²) in [6, 6.07) is 0. The van der Waals surface area contributed by atoms with Gasteiger partial charge < -0.3 is 18.9 Å². The molecule has 0 spiro atoms. The molecule has 0 aliphatic carbocycles. The van der Waals surface area contributed by atoms with Crippen LogP contribution in [0, 0.1) is 0 Å². The first kappa shape index (κ1) is 77.0. The Morgan fingerprint density at radius 3 is 1.01 bits per heavy atom. The maximum Gasteiger partial charge on any atom is 0.472 e. The Kier molecular flexibility index (Phi) is 59.0. The highest BCUT2D eigenvalue weighted by molar-refractivity contribution is 7.47. The number of unbranched alkanes of at least 4 members (excludes halogenated alkanes) is 41. The third-order valence-electron chi connectivity index (χ3n) is 15.1. The van der Waals surface area contributed by atoms with Crippen molar-refractivity contribution in [2.24, 2.45) is 0 Å². The molecule has 0 rings (SSSR count). The monoisotopic (exact) mass is 1130 g/mol. The number of rotatable bonds is 63. The Morgan fingerprint density at radius 1 is 0.392 bits per heavy atom. The number of quaternary nitrogens is 1. The average Bonchev–Trinajstić information content (AvgIpc) is 3.41. The van der Waals surface area contributed by atoms with Crippen LogP contribution in [-0.2, 0) is 32.7 Å². The fourth-order valence-corrected chi connectivity index (χ4v) is 10.6. The molecule has 0 heterocycles. The van der Waals surface area contributed by atoms with E-state index in [9.17, 15) is 19.0 Å². The van der Waals surface area contributed by atoms with Crippen LogP contribution in [-0.4, -0.2) is 74.9 Å². The van der Waals surface area contributed by atoms with E-state index in [4.69, 9.17) is 18.5 Å². The Bertz CT molecular complexity index is 1470. The van der Waals surface area contributed by atoms with Crippen molar-refractivity contribution < 1.29 is 42.1 Å². The maximum atomic E-state index is 12.9. The Labute approximate surface area is 490 Å². The van der Waals surface area contributed by atoms with Crippen molar-refractivity contribution in [3.8, 4) is 0 Å². The van der Waals surface area contributed by atoms with Crippen molar-refractivity contribution in [2.75, 3.05) is 47.5 Å². The minimum Gasteiger partial charge on any atom is -0.462 e. The first-order valence-electron chi connectivity index (χ1n) is 33.9. The number of phosphoric ester groups is 1. The lowest BCUT2D eigenvalue weighted by Gasteiger charge is -2.24. The molecule has 2 unspecified atom stereocenters. The molecule has 0 aromatic heterocycles. The summed E-state index contributed by atoms with van der Waals surface area (Å²) in [5, 5.41) is 0. The summed E-state index contributed by atoms with van der Waals surface area (Å²) in [7, 11) is 1.48. The Balaban J connectivity index is 3.94. The molecule has 10 heteroatoms. The third kappa shape index (κ3) is 65.0. The molecule has 0 aromatic rings. The SMILES string of the molecule is CCCCCC/C=C\C/C=C\CCCCCCCCCC(=O)OCC(COP(=O)(O)OCC[N+](C)(C)C)OC(=O)CCCCCCCCCCCCCCCCCCCCCCCCCCC/C=C\C/C=C\CCCCCCC. The second kappa shape index (κ2) is 60.6. The van der Waals surface area contributed by atoms with Crippen LogP contribution in [0.25, 0.3) is 0 Å². The zero-order valence-electron chi connectivity index (χ0n) is 52.9. The molecular weight excluding hydrogens is 1000 g/mol. The number of allylic oxidation sites excluding steroid dienone is 8. The summed E-state index contributed by atoms with van der Waals surface area (Å²) in [6.45, 7) is 4.44. The molecule has 2 atom stereocenters. The van der Waals surface area contributed by atoms with Crippen molar-refractivity contribution in [1.29, 1.82) is 0 Å². The van der Waals surface area contributed by atoms with E-state index < -0.39 is 26.5 Å². The summed E-state index contributed by atoms with van der Waals surface area (Å²) in [4.78, 5) is 35.8. The van der Waals surface area contributed by atoms with E-state index in [0.717, 1.165) is 57.8 Å². The molecule has 0 radical (unpaired) electrons. The molecule has 0 fully saturated rings. The number of likely N-dealkylation sites (N-methyl/N-ethyl adjacent to an activating group) is 1. The first-order chi connectivity index (χ1) is 38.5. The van der Waals surface area contributed by atoms with E-state index >= 15 is 0 Å². The molecule has 0 bridgehead atoms. The lowest BCUT2D eigenvalue weighted by Crippen LogP contribution is -2.37. The van der Waals surface area contributed by atoms with Crippen LogP contribution in [0.5, 0.6) is 0 Å². The number of esters is 2. The molecule has 0 saturated carbocycles. The van der Waals surface area contributed by atoms with Gasteiger partial charge in [0.2, 0.25) is 0 Å². The van der Waals surface area contributed by atoms with Gasteiger partial charge in [-0.05, 0) is 77.0 Å². The molecular formula is C69H131NO8P+. The molecule has 464 valence electrons. The fourth-order valence-electron chi connectivity index (χ4n) is 9.84. The number of phosphoric acid groups is 1. The standard InChI is InChI=1S/C69H130NO8P/c1-6-8-10-12-14-16-18-20-22-24-26-27-28-29-30-31-32-33-34-35-36-37-38-39-40-41-42-43-44-46-48-50-52-54-56-58-60-62-69(72)78-67(66-77-79(73,74)76-64-63-70(3,4)5)65-75-68(71)61-59-57-55-53-51-49-47-45-25-23-21-19-17-15-13-11-9-7-2/h17-20,23-26,67H,6-16,21-22,27-66H2,1-5H3/p+1/b19-17-,20-18-,25-23-,26-24-. The summed E-state index contributed by atoms with van der Waals surface area (Å²) >= 11 is 0. The van der Waals surface area contributed by atoms with Crippen LogP contribution in [0.3, 0.4) is 0 Å². The van der Waals surface area contributed by atoms with Crippen LogP contribution < -0.4 is 0 Å². The molecule has 0 aliphatic rings. The molecule has 0 amide bonds. The summed E-state index contributed by atoms with van der Waals surface area (Å²) in [6.07, 6.45) is 77.9. The van der Waals surface area contributed by atoms with Gasteiger partial charge in [-0.1, -0.05) is 287 Å². The predicted molar refractivity (Wildman–Crippen MR) is 340 cm³/mol. The number of ether oxygens (including phenoxy) is 2. The van der Waals surface area contributed by atoms with Gasteiger partial charge in [-0.2, -0.15) is 0 Å². The molecule has 0 saturated heterocycles. The van der Waals surface area contributed by atoms with Gasteiger partial charge in [0, 0.05) is 12.8 Å². The molecule has 1 N–H and O–H groups in total. The summed E-state index contributed by atoms with van der Waals surface area (Å²) in [5.41, 5.74) is 0. The zero-order valence-corrected chi connectivity index (χ0v) is 53.8. The smallest absolute Gasteiger partial charge is 0.462 e. The molecule has 79 heavy (non-hydrogen) atoms. The Morgan fingerprint density at radius 2 is 0.684 bits per heavy atom. The fraction of sp³-hybridized carbons (Fsp3) is 0.855. The first-order valence-corrected chi connectivity index (χ1v) is 35.4. The minimum atomic E-state index is -4.39. The normalized spacial score (nSPS) is 13.4. The van der Waals surface area contributed by atoms with E-state index in [-0.39, 0.29) is 32.0 Å². The lowest BCUT2D eigenvalue weighted by atomic mass is 10.0. The van der Waals surface area contributed by atoms with E-state index in [1.54, 1.807) is 0 Å². The second-order valence-electron chi connectivity index (χ2n) is 24.2. The summed E-state index contributed by atoms with van der Waals surface area (Å²) in [5.74, 6) is -0.792. The Hall–Kier alpha value is -2.03. The van der Waals surface area contributed by atoms with Gasteiger partial charge in [0.15, 0.2) is 6.10 Å². The van der Waals surface area contributed by atoms with Gasteiger partial charge in [-0.15, -0.1) is 0 Å². The number of hydrogen-bond donors (Lipinski definition) is 1. The van der Waals surface area contributed by atoms with Crippen LogP contribution in [0.4, 0.5) is 0 Å². The van der Waals surface area contributed by atoms with Gasteiger partial charge in [-0.25, -0.2) is 4.57 Å². The van der Waals surface area contributed by atoms with Gasteiger partial charge in [-0.3, -0.25) is 18.6 Å². The quantitative estimate of drug-likeness (QED) is 0.0211. The predicted octanol–water partition coefficient (Wildman–Crippen LogP) is 21.7. The van der Waals surface area contributed by atoms with Crippen LogP contribution >= 0.6 is 7.82 Å². The molecule has 0 aromatic carbocycles. The van der Waals surface area contributed by atoms with Crippen molar-refractivity contribution in [3.63, 3.8) is 0 Å². The summed E-state index contributed by atoms with van der Waals surface area (Å²) < 4.78 is 34.6. The third-order valence-corrected chi connectivity index (χ3v) is 16.1.